The molecule has 0 aromatic rings. The van der Waals surface area contributed by atoms with Crippen LogP contribution >= 0.6 is 15.6 Å². The van der Waals surface area contributed by atoms with Crippen LogP contribution in [0.1, 0.15) is 297 Å². The van der Waals surface area contributed by atoms with E-state index in [1.165, 1.54) is 0 Å². The highest BCUT2D eigenvalue weighted by molar-refractivity contribution is 7.47. The van der Waals surface area contributed by atoms with Gasteiger partial charge >= 0.3 is 39.5 Å². The van der Waals surface area contributed by atoms with E-state index in [0.717, 1.165) is 218 Å². The lowest BCUT2D eigenvalue weighted by Crippen LogP contribution is -2.30. The lowest BCUT2D eigenvalue weighted by Gasteiger charge is -2.21. The van der Waals surface area contributed by atoms with Gasteiger partial charge < -0.3 is 33.8 Å². The molecule has 0 spiro atoms. The van der Waals surface area contributed by atoms with Gasteiger partial charge in [0, 0.05) is 25.7 Å². The van der Waals surface area contributed by atoms with Gasteiger partial charge in [-0.2, -0.15) is 0 Å². The van der Waals surface area contributed by atoms with Crippen molar-refractivity contribution in [3.05, 3.63) is 158 Å². The molecule has 0 saturated heterocycles. The Morgan fingerprint density at radius 1 is 0.279 bits per heavy atom. The number of hydrogen-bond donors (Lipinski definition) is 3. The molecule has 3 N–H and O–H groups in total. The third-order valence-corrected chi connectivity index (χ3v) is 17.9. The summed E-state index contributed by atoms with van der Waals surface area (Å²) in [6.07, 6.45) is 87.9. The van der Waals surface area contributed by atoms with Crippen LogP contribution in [0, 0.1) is 0 Å². The summed E-state index contributed by atoms with van der Waals surface area (Å²) >= 11 is 0. The van der Waals surface area contributed by atoms with Crippen molar-refractivity contribution < 1.29 is 80.2 Å². The van der Waals surface area contributed by atoms with Crippen molar-refractivity contribution in [1.29, 1.82) is 0 Å². The predicted molar refractivity (Wildman–Crippen MR) is 427 cm³/mol. The molecule has 0 aromatic carbocycles. The number of ether oxygens (including phenoxy) is 4. The van der Waals surface area contributed by atoms with Crippen LogP contribution in [-0.4, -0.2) is 96.7 Å². The van der Waals surface area contributed by atoms with Crippen molar-refractivity contribution in [2.45, 2.75) is 316 Å². The van der Waals surface area contributed by atoms with Crippen LogP contribution in [0.5, 0.6) is 0 Å². The second-order valence-electron chi connectivity index (χ2n) is 25.9. The highest BCUT2D eigenvalue weighted by Gasteiger charge is 2.30. The molecular weight excluding hydrogens is 1350 g/mol. The first-order chi connectivity index (χ1) is 50.7. The zero-order valence-corrected chi connectivity index (χ0v) is 66.4. The second kappa shape index (κ2) is 75.9. The lowest BCUT2D eigenvalue weighted by molar-refractivity contribution is -0.161. The zero-order valence-electron chi connectivity index (χ0n) is 64.6. The SMILES string of the molecule is CC/C=C\C/C=C\C/C=C\C/C=C\C/C=C\CCCCCC(=O)OCC(COP(=O)(O)OCC(O)COP(=O)(O)OCC(COC(=O)CCCCCCC/C=C\C/C=C\C/C=C\CC)OC(=O)CCCCCCC/C=C\C/C=C\CCC)OC(=O)CCCCCCCCC/C=C\C/C=C\C/C=C\CC. The van der Waals surface area contributed by atoms with Crippen molar-refractivity contribution >= 4 is 39.5 Å². The van der Waals surface area contributed by atoms with Crippen LogP contribution in [0.25, 0.3) is 0 Å². The Bertz CT molecular complexity index is 2590. The van der Waals surface area contributed by atoms with Gasteiger partial charge in [0.05, 0.1) is 26.4 Å². The van der Waals surface area contributed by atoms with E-state index < -0.39 is 97.5 Å². The van der Waals surface area contributed by atoms with Crippen molar-refractivity contribution in [2.24, 2.45) is 0 Å². The molecule has 0 fully saturated rings. The van der Waals surface area contributed by atoms with Crippen LogP contribution in [0.3, 0.4) is 0 Å². The molecule has 0 radical (unpaired) electrons. The zero-order chi connectivity index (χ0) is 76.0. The number of hydrogen-bond acceptors (Lipinski definition) is 15. The predicted octanol–water partition coefficient (Wildman–Crippen LogP) is 23.2. The normalized spacial score (nSPS) is 14.7. The van der Waals surface area contributed by atoms with Crippen LogP contribution in [0.2, 0.25) is 0 Å². The summed E-state index contributed by atoms with van der Waals surface area (Å²) in [5.41, 5.74) is 0. The van der Waals surface area contributed by atoms with Crippen molar-refractivity contribution in [3.8, 4) is 0 Å². The number of phosphoric ester groups is 2. The van der Waals surface area contributed by atoms with Gasteiger partial charge in [0.15, 0.2) is 12.2 Å². The summed E-state index contributed by atoms with van der Waals surface area (Å²) in [6, 6.07) is 0. The number of phosphoric acid groups is 2. The average molecular weight is 1500 g/mol. The van der Waals surface area contributed by atoms with Gasteiger partial charge in [0.25, 0.3) is 0 Å². The minimum atomic E-state index is -5.00. The third-order valence-electron chi connectivity index (χ3n) is 15.9. The molecule has 592 valence electrons. The monoisotopic (exact) mass is 1490 g/mol. The fraction of sp³-hybridized carbons (Fsp3) is 0.647. The summed E-state index contributed by atoms with van der Waals surface area (Å²) in [4.78, 5) is 73.0. The first-order valence-corrected chi connectivity index (χ1v) is 42.7. The molecular formula is C85H140O17P2. The van der Waals surface area contributed by atoms with Crippen LogP contribution < -0.4 is 0 Å². The van der Waals surface area contributed by atoms with Gasteiger partial charge in [-0.05, 0) is 161 Å². The Hall–Kier alpha value is -5.32. The highest BCUT2D eigenvalue weighted by atomic mass is 31.2. The fourth-order valence-corrected chi connectivity index (χ4v) is 11.6. The Labute approximate surface area is 629 Å². The minimum absolute atomic E-state index is 0.0697. The molecule has 0 aliphatic rings. The number of aliphatic hydroxyl groups excluding tert-OH is 1. The van der Waals surface area contributed by atoms with Gasteiger partial charge in [-0.25, -0.2) is 9.13 Å². The summed E-state index contributed by atoms with van der Waals surface area (Å²) in [5, 5.41) is 10.6. The fourth-order valence-electron chi connectivity index (χ4n) is 10.0. The molecule has 17 nitrogen and oxygen atoms in total. The topological polar surface area (TPSA) is 237 Å². The number of rotatable bonds is 73. The number of aliphatic hydroxyl groups is 1. The Balaban J connectivity index is 5.43. The van der Waals surface area contributed by atoms with E-state index in [2.05, 4.69) is 186 Å². The Morgan fingerprint density at radius 2 is 0.500 bits per heavy atom. The first-order valence-electron chi connectivity index (χ1n) is 39.7. The maximum absolute atomic E-state index is 13.1. The number of esters is 4. The molecule has 0 heterocycles. The molecule has 0 amide bonds. The van der Waals surface area contributed by atoms with Gasteiger partial charge in [0.2, 0.25) is 0 Å². The molecule has 104 heavy (non-hydrogen) atoms. The molecule has 0 rings (SSSR count). The van der Waals surface area contributed by atoms with Gasteiger partial charge in [-0.3, -0.25) is 37.3 Å². The molecule has 0 aliphatic carbocycles. The molecule has 0 saturated carbocycles. The van der Waals surface area contributed by atoms with E-state index in [0.29, 0.717) is 25.7 Å². The smallest absolute Gasteiger partial charge is 0.462 e. The lowest BCUT2D eigenvalue weighted by atomic mass is 10.1. The number of unbranched alkanes of at least 4 members (excludes halogenated alkanes) is 21. The van der Waals surface area contributed by atoms with Gasteiger partial charge in [-0.1, -0.05) is 269 Å². The maximum atomic E-state index is 13.1. The molecule has 5 atom stereocenters. The van der Waals surface area contributed by atoms with E-state index in [1.807, 2.05) is 0 Å². The van der Waals surface area contributed by atoms with Gasteiger partial charge in [0.1, 0.15) is 19.3 Å². The average Bonchev–Trinajstić information content (AvgIpc) is 0.911. The van der Waals surface area contributed by atoms with Crippen LogP contribution in [0.15, 0.2) is 158 Å². The van der Waals surface area contributed by atoms with E-state index in [-0.39, 0.29) is 25.7 Å². The Kier molecular flexibility index (Phi) is 72.0. The largest absolute Gasteiger partial charge is 0.472 e. The minimum Gasteiger partial charge on any atom is -0.462 e. The van der Waals surface area contributed by atoms with E-state index in [9.17, 15) is 43.2 Å². The second-order valence-corrected chi connectivity index (χ2v) is 28.8. The van der Waals surface area contributed by atoms with Crippen molar-refractivity contribution in [2.75, 3.05) is 39.6 Å². The summed E-state index contributed by atoms with van der Waals surface area (Å²) in [7, 11) is -9.99. The highest BCUT2D eigenvalue weighted by Crippen LogP contribution is 2.45. The summed E-state index contributed by atoms with van der Waals surface area (Å²) in [6.45, 7) is 4.38. The first kappa shape index (κ1) is 98.7. The van der Waals surface area contributed by atoms with Crippen molar-refractivity contribution in [3.63, 3.8) is 0 Å². The van der Waals surface area contributed by atoms with Crippen molar-refractivity contribution in [1.82, 2.24) is 0 Å². The van der Waals surface area contributed by atoms with Gasteiger partial charge in [-0.15, -0.1) is 0 Å². The molecule has 0 bridgehead atoms. The summed E-state index contributed by atoms with van der Waals surface area (Å²) in [5.74, 6) is -2.26. The van der Waals surface area contributed by atoms with E-state index in [1.54, 1.807) is 0 Å². The molecule has 5 unspecified atom stereocenters. The number of allylic oxidation sites excluding steroid dienone is 26. The van der Waals surface area contributed by atoms with Crippen LogP contribution in [0.4, 0.5) is 0 Å². The summed E-state index contributed by atoms with van der Waals surface area (Å²) < 4.78 is 68.6. The molecule has 19 heteroatoms. The van der Waals surface area contributed by atoms with E-state index >= 15 is 0 Å². The van der Waals surface area contributed by atoms with E-state index in [4.69, 9.17) is 37.0 Å². The number of carbonyl (C=O) groups is 4. The standard InChI is InChI=1S/C85H140O17P2/c1-5-9-13-17-21-25-29-33-36-38-39-41-43-47-50-54-58-62-66-70-83(88)96-76-81(102-85(90)72-68-64-60-56-52-48-44-40-37-34-30-26-22-18-14-10-6-2)78-100-104(93,94)98-74-79(86)73-97-103(91,92)99-77-80(101-84(89)71-67-63-59-55-51-45-32-28-24-20-16-12-8-4)75-95-82(87)69-65-61-57-53-49-46-42-35-31-27-23-19-15-11-7-3/h9-11,13-16,20-23,25-28,32-37,39,41-42,47,50,79-81,86H,5-8,12,17-19,24,29-31,38,40,43-46,48-49,51-78H2,1-4H3,(H,91,92)(H,93,94)/b13-9-,14-10-,15-11-,20-16-,25-21-,26-22-,27-23-,32-28-,36-33-,37-34-,41-39-,42-35-,50-47-. The molecule has 0 aliphatic heterocycles. The molecule has 0 aromatic heterocycles. The maximum Gasteiger partial charge on any atom is 0.472 e. The third kappa shape index (κ3) is 74.9. The van der Waals surface area contributed by atoms with Crippen LogP contribution in [-0.2, 0) is 65.4 Å². The quantitative estimate of drug-likeness (QED) is 0.0169. The Morgan fingerprint density at radius 3 is 0.779 bits per heavy atom. The number of carbonyl (C=O) groups excluding carboxylic acids is 4.